The molecule has 0 aromatic heterocycles. The highest BCUT2D eigenvalue weighted by Gasteiger charge is 2.41. The monoisotopic (exact) mass is 295 g/mol. The van der Waals surface area contributed by atoms with Gasteiger partial charge in [-0.15, -0.1) is 0 Å². The molecule has 0 spiro atoms. The van der Waals surface area contributed by atoms with Gasteiger partial charge in [-0.3, -0.25) is 9.80 Å². The smallest absolute Gasteiger partial charge is 0.0333 e. The Kier molecular flexibility index (Phi) is 5.38. The first-order chi connectivity index (χ1) is 9.78. The topological polar surface area (TPSA) is 32.5 Å². The van der Waals surface area contributed by atoms with E-state index in [0.717, 1.165) is 18.4 Å². The van der Waals surface area contributed by atoms with Gasteiger partial charge in [0.15, 0.2) is 0 Å². The van der Waals surface area contributed by atoms with Gasteiger partial charge in [-0.05, 0) is 58.3 Å². The van der Waals surface area contributed by atoms with Crippen molar-refractivity contribution in [1.82, 2.24) is 9.80 Å². The van der Waals surface area contributed by atoms with Gasteiger partial charge in [-0.25, -0.2) is 0 Å². The van der Waals surface area contributed by atoms with Gasteiger partial charge >= 0.3 is 0 Å². The molecule has 1 aliphatic heterocycles. The summed E-state index contributed by atoms with van der Waals surface area (Å²) in [6.07, 6.45) is 5.35. The van der Waals surface area contributed by atoms with Crippen molar-refractivity contribution in [3.05, 3.63) is 0 Å². The Balaban J connectivity index is 1.94. The Morgan fingerprint density at radius 1 is 1.05 bits per heavy atom. The Morgan fingerprint density at radius 2 is 1.57 bits per heavy atom. The SMILES string of the molecule is CC(C)C1CCC(CN)(N2CCN(C(C)(C)C)CC2)CC1. The van der Waals surface area contributed by atoms with E-state index in [1.165, 1.54) is 51.9 Å². The standard InChI is InChI=1S/C18H37N3/c1-15(2)16-6-8-18(14-19,9-7-16)21-12-10-20(11-13-21)17(3,4)5/h15-16H,6-14,19H2,1-5H3. The van der Waals surface area contributed by atoms with Crippen LogP contribution in [-0.4, -0.2) is 53.6 Å². The van der Waals surface area contributed by atoms with Gasteiger partial charge in [0, 0.05) is 43.8 Å². The third-order valence-corrected chi connectivity index (χ3v) is 6.18. The summed E-state index contributed by atoms with van der Waals surface area (Å²) in [6, 6.07) is 0. The molecule has 0 bridgehead atoms. The minimum Gasteiger partial charge on any atom is -0.329 e. The molecule has 2 rings (SSSR count). The molecule has 0 amide bonds. The van der Waals surface area contributed by atoms with E-state index >= 15 is 0 Å². The lowest BCUT2D eigenvalue weighted by Crippen LogP contribution is -2.63. The lowest BCUT2D eigenvalue weighted by Gasteiger charge is -2.52. The number of hydrogen-bond donors (Lipinski definition) is 1. The van der Waals surface area contributed by atoms with Gasteiger partial charge in [-0.2, -0.15) is 0 Å². The first kappa shape index (κ1) is 17.2. The summed E-state index contributed by atoms with van der Waals surface area (Å²) in [6.45, 7) is 17.4. The van der Waals surface area contributed by atoms with E-state index in [4.69, 9.17) is 5.73 Å². The maximum atomic E-state index is 6.26. The van der Waals surface area contributed by atoms with Gasteiger partial charge in [0.25, 0.3) is 0 Å². The molecule has 0 unspecified atom stereocenters. The Morgan fingerprint density at radius 3 is 1.95 bits per heavy atom. The van der Waals surface area contributed by atoms with Gasteiger partial charge in [0.1, 0.15) is 0 Å². The van der Waals surface area contributed by atoms with Gasteiger partial charge in [0.05, 0.1) is 0 Å². The van der Waals surface area contributed by atoms with E-state index in [2.05, 4.69) is 44.4 Å². The number of rotatable bonds is 3. The first-order valence-electron chi connectivity index (χ1n) is 8.99. The molecule has 0 atom stereocenters. The lowest BCUT2D eigenvalue weighted by atomic mass is 9.72. The summed E-state index contributed by atoms with van der Waals surface area (Å²) in [5.74, 6) is 1.75. The van der Waals surface area contributed by atoms with Crippen molar-refractivity contribution in [2.45, 2.75) is 71.4 Å². The van der Waals surface area contributed by atoms with E-state index < -0.39 is 0 Å². The van der Waals surface area contributed by atoms with Gasteiger partial charge in [0.2, 0.25) is 0 Å². The molecular formula is C18H37N3. The number of hydrogen-bond acceptors (Lipinski definition) is 3. The van der Waals surface area contributed by atoms with Crippen molar-refractivity contribution < 1.29 is 0 Å². The normalized spacial score (nSPS) is 33.6. The summed E-state index contributed by atoms with van der Waals surface area (Å²) in [7, 11) is 0. The quantitative estimate of drug-likeness (QED) is 0.869. The molecule has 1 saturated carbocycles. The van der Waals surface area contributed by atoms with Crippen LogP contribution >= 0.6 is 0 Å². The second-order valence-electron chi connectivity index (χ2n) is 8.65. The van der Waals surface area contributed by atoms with Crippen molar-refractivity contribution in [3.8, 4) is 0 Å². The highest BCUT2D eigenvalue weighted by Crippen LogP contribution is 2.39. The second-order valence-corrected chi connectivity index (χ2v) is 8.65. The van der Waals surface area contributed by atoms with Crippen LogP contribution in [0.1, 0.15) is 60.3 Å². The van der Waals surface area contributed by atoms with E-state index in [9.17, 15) is 0 Å². The summed E-state index contributed by atoms with van der Waals surface area (Å²) in [5.41, 5.74) is 6.86. The third kappa shape index (κ3) is 3.80. The van der Waals surface area contributed by atoms with Gasteiger partial charge < -0.3 is 5.73 Å². The molecule has 124 valence electrons. The molecule has 1 saturated heterocycles. The van der Waals surface area contributed by atoms with E-state index in [1.807, 2.05) is 0 Å². The first-order valence-corrected chi connectivity index (χ1v) is 8.99. The molecular weight excluding hydrogens is 258 g/mol. The van der Waals surface area contributed by atoms with Crippen LogP contribution in [0.25, 0.3) is 0 Å². The highest BCUT2D eigenvalue weighted by atomic mass is 15.3. The van der Waals surface area contributed by atoms with Crippen LogP contribution in [-0.2, 0) is 0 Å². The number of nitrogens with zero attached hydrogens (tertiary/aromatic N) is 2. The van der Waals surface area contributed by atoms with Crippen molar-refractivity contribution in [2.24, 2.45) is 17.6 Å². The number of nitrogens with two attached hydrogens (primary N) is 1. The fraction of sp³-hybridized carbons (Fsp3) is 1.00. The summed E-state index contributed by atoms with van der Waals surface area (Å²) in [4.78, 5) is 5.35. The zero-order valence-electron chi connectivity index (χ0n) is 15.0. The average molecular weight is 296 g/mol. The van der Waals surface area contributed by atoms with Crippen LogP contribution in [0.4, 0.5) is 0 Å². The summed E-state index contributed by atoms with van der Waals surface area (Å²) in [5, 5.41) is 0. The minimum absolute atomic E-state index is 0.301. The Labute approximate surface area is 132 Å². The molecule has 3 nitrogen and oxygen atoms in total. The Hall–Kier alpha value is -0.120. The molecule has 1 heterocycles. The third-order valence-electron chi connectivity index (χ3n) is 6.18. The zero-order chi connectivity index (χ0) is 15.7. The summed E-state index contributed by atoms with van der Waals surface area (Å²) >= 11 is 0. The lowest BCUT2D eigenvalue weighted by molar-refractivity contribution is -0.0215. The van der Waals surface area contributed by atoms with Crippen LogP contribution in [0.15, 0.2) is 0 Å². The zero-order valence-corrected chi connectivity index (χ0v) is 15.0. The van der Waals surface area contributed by atoms with E-state index in [0.29, 0.717) is 11.1 Å². The van der Waals surface area contributed by atoms with Crippen LogP contribution < -0.4 is 5.73 Å². The van der Waals surface area contributed by atoms with Crippen molar-refractivity contribution >= 4 is 0 Å². The summed E-state index contributed by atoms with van der Waals surface area (Å²) < 4.78 is 0. The number of piperazine rings is 1. The second kappa shape index (κ2) is 6.55. The minimum atomic E-state index is 0.301. The van der Waals surface area contributed by atoms with E-state index in [1.54, 1.807) is 0 Å². The molecule has 3 heteroatoms. The van der Waals surface area contributed by atoms with Crippen LogP contribution in [0.3, 0.4) is 0 Å². The Bertz CT molecular complexity index is 316. The maximum absolute atomic E-state index is 6.26. The van der Waals surface area contributed by atoms with Crippen molar-refractivity contribution in [1.29, 1.82) is 0 Å². The molecule has 2 aliphatic rings. The largest absolute Gasteiger partial charge is 0.329 e. The predicted molar refractivity (Wildman–Crippen MR) is 91.5 cm³/mol. The van der Waals surface area contributed by atoms with Crippen molar-refractivity contribution in [3.63, 3.8) is 0 Å². The average Bonchev–Trinajstić information content (AvgIpc) is 2.46. The fourth-order valence-electron chi connectivity index (χ4n) is 4.35. The molecule has 0 aromatic rings. The maximum Gasteiger partial charge on any atom is 0.0333 e. The molecule has 0 aromatic carbocycles. The molecule has 2 fully saturated rings. The van der Waals surface area contributed by atoms with Crippen LogP contribution in [0.2, 0.25) is 0 Å². The van der Waals surface area contributed by atoms with Gasteiger partial charge in [-0.1, -0.05) is 13.8 Å². The highest BCUT2D eigenvalue weighted by molar-refractivity contribution is 4.98. The molecule has 1 aliphatic carbocycles. The fourth-order valence-corrected chi connectivity index (χ4v) is 4.35. The van der Waals surface area contributed by atoms with Crippen molar-refractivity contribution in [2.75, 3.05) is 32.7 Å². The molecule has 21 heavy (non-hydrogen) atoms. The molecule has 0 radical (unpaired) electrons. The van der Waals surface area contributed by atoms with E-state index in [-0.39, 0.29) is 0 Å². The molecule has 2 N–H and O–H groups in total. The predicted octanol–water partition coefficient (Wildman–Crippen LogP) is 2.95. The van der Waals surface area contributed by atoms with Crippen LogP contribution in [0, 0.1) is 11.8 Å². The van der Waals surface area contributed by atoms with Crippen LogP contribution in [0.5, 0.6) is 0 Å².